The summed E-state index contributed by atoms with van der Waals surface area (Å²) in [4.78, 5) is 0. The second kappa shape index (κ2) is 3.09. The van der Waals surface area contributed by atoms with E-state index in [4.69, 9.17) is 0 Å². The Labute approximate surface area is 67.7 Å². The van der Waals surface area contributed by atoms with Gasteiger partial charge in [0.05, 0.1) is 6.04 Å². The van der Waals surface area contributed by atoms with Gasteiger partial charge in [0.25, 0.3) is 0 Å². The number of rotatable bonds is 2. The lowest BCUT2D eigenvalue weighted by Gasteiger charge is -2.06. The average Bonchev–Trinajstić information content (AvgIpc) is 2.34. The van der Waals surface area contributed by atoms with E-state index in [0.29, 0.717) is 4.73 Å². The van der Waals surface area contributed by atoms with Crippen LogP contribution in [-0.2, 0) is 0 Å². The number of tetrazole rings is 1. The van der Waals surface area contributed by atoms with Gasteiger partial charge in [-0.3, -0.25) is 0 Å². The highest BCUT2D eigenvalue weighted by Crippen LogP contribution is 2.12. The second-order valence-corrected chi connectivity index (χ2v) is 2.74. The Bertz CT molecular complexity index is 209. The van der Waals surface area contributed by atoms with Gasteiger partial charge < -0.3 is 0 Å². The van der Waals surface area contributed by atoms with Gasteiger partial charge in [0.1, 0.15) is 0 Å². The molecule has 0 spiro atoms. The third-order valence-corrected chi connectivity index (χ3v) is 1.81. The first kappa shape index (κ1) is 7.65. The van der Waals surface area contributed by atoms with Crippen molar-refractivity contribution in [3.8, 4) is 0 Å². The monoisotopic (exact) mass is 203 g/mol. The van der Waals surface area contributed by atoms with Crippen molar-refractivity contribution in [2.24, 2.45) is 0 Å². The highest BCUT2D eigenvalue weighted by Gasteiger charge is 2.07. The van der Waals surface area contributed by atoms with Crippen LogP contribution in [0.25, 0.3) is 0 Å². The first-order chi connectivity index (χ1) is 4.75. The summed E-state index contributed by atoms with van der Waals surface area (Å²) in [5, 5.41) is 10.9. The number of aromatic nitrogens is 4. The van der Waals surface area contributed by atoms with Crippen LogP contribution < -0.4 is 0 Å². The Kier molecular flexibility index (Phi) is 2.37. The molecule has 4 nitrogen and oxygen atoms in total. The molecule has 1 heterocycles. The Balaban J connectivity index is 2.82. The molecule has 55 valence electrons. The van der Waals surface area contributed by atoms with Crippen molar-refractivity contribution < 1.29 is 0 Å². The third kappa shape index (κ3) is 1.34. The lowest BCUT2D eigenvalue weighted by atomic mass is 10.3. The first-order valence-electron chi connectivity index (χ1n) is 2.98. The first-order valence-corrected chi connectivity index (χ1v) is 3.77. The predicted molar refractivity (Wildman–Crippen MR) is 40.2 cm³/mol. The van der Waals surface area contributed by atoms with Gasteiger partial charge in [0.2, 0.25) is 4.73 Å². The molecule has 0 aromatic carbocycles. The van der Waals surface area contributed by atoms with Crippen molar-refractivity contribution >= 4 is 15.9 Å². The van der Waals surface area contributed by atoms with E-state index >= 15 is 0 Å². The van der Waals surface area contributed by atoms with E-state index in [1.165, 1.54) is 0 Å². The van der Waals surface area contributed by atoms with Gasteiger partial charge in [-0.15, -0.1) is 5.10 Å². The lowest BCUT2D eigenvalue weighted by molar-refractivity contribution is 0.471. The molecule has 0 saturated carbocycles. The quantitative estimate of drug-likeness (QED) is 0.727. The van der Waals surface area contributed by atoms with Gasteiger partial charge in [-0.25, -0.2) is 4.68 Å². The molecule has 0 aliphatic rings. The summed E-state index contributed by atoms with van der Waals surface area (Å²) in [6, 6.07) is 0.254. The zero-order valence-corrected chi connectivity index (χ0v) is 7.24. The minimum absolute atomic E-state index is 0.254. The summed E-state index contributed by atoms with van der Waals surface area (Å²) in [6.45, 7) is 5.75. The summed E-state index contributed by atoms with van der Waals surface area (Å²) < 4.78 is 2.34. The van der Waals surface area contributed by atoms with Crippen molar-refractivity contribution in [1.29, 1.82) is 0 Å². The maximum atomic E-state index is 3.76. The van der Waals surface area contributed by atoms with E-state index in [1.807, 2.05) is 6.92 Å². The van der Waals surface area contributed by atoms with E-state index in [-0.39, 0.29) is 6.04 Å². The van der Waals surface area contributed by atoms with Crippen molar-refractivity contribution in [1.82, 2.24) is 20.2 Å². The molecule has 0 fully saturated rings. The van der Waals surface area contributed by atoms with Crippen molar-refractivity contribution in [3.63, 3.8) is 0 Å². The van der Waals surface area contributed by atoms with E-state index in [2.05, 4.69) is 38.4 Å². The van der Waals surface area contributed by atoms with Crippen LogP contribution in [0.5, 0.6) is 0 Å². The van der Waals surface area contributed by atoms with Gasteiger partial charge >= 0.3 is 0 Å². The van der Waals surface area contributed by atoms with Crippen molar-refractivity contribution in [2.75, 3.05) is 0 Å². The molecule has 0 amide bonds. The van der Waals surface area contributed by atoms with E-state index in [0.717, 1.165) is 6.42 Å². The van der Waals surface area contributed by atoms with E-state index in [9.17, 15) is 0 Å². The van der Waals surface area contributed by atoms with Crippen LogP contribution in [0.4, 0.5) is 0 Å². The molecule has 1 rings (SSSR count). The fraction of sp³-hybridized carbons (Fsp3) is 0.600. The van der Waals surface area contributed by atoms with Crippen LogP contribution in [0.1, 0.15) is 19.4 Å². The van der Waals surface area contributed by atoms with Gasteiger partial charge in [-0.1, -0.05) is 6.92 Å². The van der Waals surface area contributed by atoms with E-state index < -0.39 is 0 Å². The predicted octanol–water partition coefficient (Wildman–Crippen LogP) is 1.22. The Hall–Kier alpha value is -0.450. The lowest BCUT2D eigenvalue weighted by Crippen LogP contribution is -2.06. The van der Waals surface area contributed by atoms with Crippen LogP contribution in [0.3, 0.4) is 0 Å². The Morgan fingerprint density at radius 2 is 2.50 bits per heavy atom. The zero-order chi connectivity index (χ0) is 7.56. The minimum atomic E-state index is 0.254. The van der Waals surface area contributed by atoms with Gasteiger partial charge in [-0.2, -0.15) is 0 Å². The van der Waals surface area contributed by atoms with Crippen LogP contribution in [0.2, 0.25) is 0 Å². The molecule has 0 bridgehead atoms. The fourth-order valence-corrected chi connectivity index (χ4v) is 1.07. The molecule has 0 aliphatic heterocycles. The Morgan fingerprint density at radius 1 is 1.80 bits per heavy atom. The molecule has 0 N–H and O–H groups in total. The van der Waals surface area contributed by atoms with Gasteiger partial charge in [0, 0.05) is 0 Å². The Morgan fingerprint density at radius 3 is 2.90 bits per heavy atom. The molecular formula is C5H8BrN4. The maximum Gasteiger partial charge on any atom is 0.218 e. The topological polar surface area (TPSA) is 43.6 Å². The third-order valence-electron chi connectivity index (χ3n) is 1.29. The van der Waals surface area contributed by atoms with Crippen molar-refractivity contribution in [3.05, 3.63) is 11.7 Å². The fourth-order valence-electron chi connectivity index (χ4n) is 0.575. The molecule has 5 heteroatoms. The highest BCUT2D eigenvalue weighted by atomic mass is 79.9. The van der Waals surface area contributed by atoms with Crippen LogP contribution in [0, 0.1) is 6.92 Å². The maximum absolute atomic E-state index is 3.76. The summed E-state index contributed by atoms with van der Waals surface area (Å²) in [6.07, 6.45) is 0.781. The van der Waals surface area contributed by atoms with Gasteiger partial charge in [-0.05, 0) is 39.7 Å². The van der Waals surface area contributed by atoms with Crippen LogP contribution in [-0.4, -0.2) is 20.2 Å². The van der Waals surface area contributed by atoms with Crippen molar-refractivity contribution in [2.45, 2.75) is 19.4 Å². The smallest absolute Gasteiger partial charge is 0.217 e. The average molecular weight is 204 g/mol. The highest BCUT2D eigenvalue weighted by molar-refractivity contribution is 9.10. The molecule has 10 heavy (non-hydrogen) atoms. The zero-order valence-electron chi connectivity index (χ0n) is 5.66. The number of halogens is 1. The van der Waals surface area contributed by atoms with Crippen LogP contribution in [0.15, 0.2) is 4.73 Å². The SMILES string of the molecule is [CH2]CC(C)n1nnnc1Br. The molecule has 1 radical (unpaired) electrons. The molecule has 1 unspecified atom stereocenters. The largest absolute Gasteiger partial charge is 0.218 e. The number of hydrogen-bond acceptors (Lipinski definition) is 3. The molecule has 0 saturated heterocycles. The second-order valence-electron chi connectivity index (χ2n) is 2.03. The molecule has 1 atom stereocenters. The standard InChI is InChI=1S/C5H8BrN4/c1-3-4(2)10-5(6)7-8-9-10/h4H,1,3H2,2H3. The summed E-state index contributed by atoms with van der Waals surface area (Å²) in [7, 11) is 0. The number of nitrogens with zero attached hydrogens (tertiary/aromatic N) is 4. The number of hydrogen-bond donors (Lipinski definition) is 0. The van der Waals surface area contributed by atoms with Crippen LogP contribution >= 0.6 is 15.9 Å². The minimum Gasteiger partial charge on any atom is -0.217 e. The molecule has 1 aromatic heterocycles. The summed E-state index contributed by atoms with van der Waals surface area (Å²) >= 11 is 3.21. The summed E-state index contributed by atoms with van der Waals surface area (Å²) in [5.41, 5.74) is 0. The van der Waals surface area contributed by atoms with E-state index in [1.54, 1.807) is 4.68 Å². The molecule has 1 aromatic rings. The van der Waals surface area contributed by atoms with Gasteiger partial charge in [0.15, 0.2) is 0 Å². The molecule has 0 aliphatic carbocycles. The normalized spacial score (nSPS) is 13.5. The molecular weight excluding hydrogens is 196 g/mol. The summed E-state index contributed by atoms with van der Waals surface area (Å²) in [5.74, 6) is 0.